The van der Waals surface area contributed by atoms with E-state index in [-0.39, 0.29) is 5.82 Å². The molecule has 0 radical (unpaired) electrons. The highest BCUT2D eigenvalue weighted by Crippen LogP contribution is 2.29. The van der Waals surface area contributed by atoms with Crippen LogP contribution < -0.4 is 10.5 Å². The molecule has 0 aliphatic heterocycles. The third-order valence-electron chi connectivity index (χ3n) is 4.36. The molecule has 10 heteroatoms. The van der Waals surface area contributed by atoms with Crippen molar-refractivity contribution in [1.82, 2.24) is 24.5 Å². The molecular weight excluding hydrogens is 390 g/mol. The molecule has 0 atom stereocenters. The van der Waals surface area contributed by atoms with Crippen molar-refractivity contribution in [1.29, 1.82) is 0 Å². The molecule has 0 fully saturated rings. The number of benzene rings is 1. The molecule has 4 rings (SSSR count). The summed E-state index contributed by atoms with van der Waals surface area (Å²) in [5.41, 5.74) is 10.2. The number of sulfonamides is 1. The number of aromatic nitrogens is 5. The van der Waals surface area contributed by atoms with Gasteiger partial charge in [-0.15, -0.1) is 0 Å². The summed E-state index contributed by atoms with van der Waals surface area (Å²) in [5.74, 6) is 0.903. The number of imidazole rings is 1. The molecule has 0 aliphatic carbocycles. The lowest BCUT2D eigenvalue weighted by Gasteiger charge is -2.10. The third kappa shape index (κ3) is 3.74. The fourth-order valence-electron chi connectivity index (χ4n) is 3.11. The number of pyridine rings is 1. The van der Waals surface area contributed by atoms with E-state index in [4.69, 9.17) is 10.7 Å². The van der Waals surface area contributed by atoms with Gasteiger partial charge < -0.3 is 10.3 Å². The molecule has 1 aromatic carbocycles. The highest BCUT2D eigenvalue weighted by Gasteiger charge is 2.17. The summed E-state index contributed by atoms with van der Waals surface area (Å²) in [6.45, 7) is 2.71. The Labute approximate surface area is 167 Å². The second-order valence-corrected chi connectivity index (χ2v) is 8.23. The Balaban J connectivity index is 1.78. The lowest BCUT2D eigenvalue weighted by molar-refractivity contribution is 0.607. The van der Waals surface area contributed by atoms with Crippen LogP contribution in [0.15, 0.2) is 48.9 Å². The molecule has 3 N–H and O–H groups in total. The number of nitrogens with one attached hydrogen (secondary N) is 1. The van der Waals surface area contributed by atoms with E-state index in [1.54, 1.807) is 42.9 Å². The lowest BCUT2D eigenvalue weighted by Crippen LogP contribution is -2.09. The summed E-state index contributed by atoms with van der Waals surface area (Å²) in [4.78, 5) is 17.8. The molecule has 0 amide bonds. The van der Waals surface area contributed by atoms with E-state index in [0.717, 1.165) is 22.9 Å². The summed E-state index contributed by atoms with van der Waals surface area (Å²) in [5, 5.41) is 0. The molecule has 4 aromatic rings. The normalized spacial score (nSPS) is 11.7. The second kappa shape index (κ2) is 7.13. The molecule has 0 saturated heterocycles. The van der Waals surface area contributed by atoms with Crippen LogP contribution in [0.3, 0.4) is 0 Å². The SMILES string of the molecule is CCn1c(-c2nc(-c3ccc(NS(C)(=O)=O)cc3)cnc2N)nc2cnccc21. The minimum atomic E-state index is -3.33. The average molecular weight is 409 g/mol. The zero-order chi connectivity index (χ0) is 20.6. The molecule has 0 unspecified atom stereocenters. The number of hydrogen-bond donors (Lipinski definition) is 2. The van der Waals surface area contributed by atoms with Gasteiger partial charge in [-0.3, -0.25) is 9.71 Å². The van der Waals surface area contributed by atoms with E-state index in [1.165, 1.54) is 0 Å². The fraction of sp³-hybridized carbons (Fsp3) is 0.158. The predicted octanol–water partition coefficient (Wildman–Crippen LogP) is 2.53. The number of hydrogen-bond acceptors (Lipinski definition) is 7. The van der Waals surface area contributed by atoms with Crippen molar-refractivity contribution in [2.75, 3.05) is 16.7 Å². The maximum atomic E-state index is 11.4. The second-order valence-electron chi connectivity index (χ2n) is 6.48. The minimum absolute atomic E-state index is 0.280. The Hall–Kier alpha value is -3.53. The van der Waals surface area contributed by atoms with Gasteiger partial charge in [-0.1, -0.05) is 12.1 Å². The third-order valence-corrected chi connectivity index (χ3v) is 4.97. The van der Waals surface area contributed by atoms with Crippen LogP contribution in [0.2, 0.25) is 0 Å². The molecule has 3 aromatic heterocycles. The van der Waals surface area contributed by atoms with Crippen LogP contribution in [-0.4, -0.2) is 39.2 Å². The molecule has 0 bridgehead atoms. The fourth-order valence-corrected chi connectivity index (χ4v) is 3.67. The van der Waals surface area contributed by atoms with Crippen molar-refractivity contribution in [2.24, 2.45) is 0 Å². The van der Waals surface area contributed by atoms with E-state index in [9.17, 15) is 8.42 Å². The number of nitrogens with two attached hydrogens (primary N) is 1. The standard InChI is InChI=1S/C19H19N7O2S/c1-3-26-16-8-9-21-10-15(16)24-19(26)17-18(20)22-11-14(23-17)12-4-6-13(7-5-12)25-29(2,27)28/h4-11,25H,3H2,1-2H3,(H2,20,22). The quantitative estimate of drug-likeness (QED) is 0.518. The van der Waals surface area contributed by atoms with Crippen molar-refractivity contribution in [3.05, 3.63) is 48.9 Å². The first-order valence-corrected chi connectivity index (χ1v) is 10.8. The van der Waals surface area contributed by atoms with E-state index in [2.05, 4.69) is 19.7 Å². The highest BCUT2D eigenvalue weighted by atomic mass is 32.2. The van der Waals surface area contributed by atoms with E-state index >= 15 is 0 Å². The first-order valence-electron chi connectivity index (χ1n) is 8.87. The van der Waals surface area contributed by atoms with Crippen molar-refractivity contribution < 1.29 is 8.42 Å². The molecule has 148 valence electrons. The van der Waals surface area contributed by atoms with Gasteiger partial charge in [-0.05, 0) is 25.1 Å². The Morgan fingerprint density at radius 3 is 2.55 bits per heavy atom. The number of nitrogens with zero attached hydrogens (tertiary/aromatic N) is 5. The summed E-state index contributed by atoms with van der Waals surface area (Å²) >= 11 is 0. The highest BCUT2D eigenvalue weighted by molar-refractivity contribution is 7.92. The summed E-state index contributed by atoms with van der Waals surface area (Å²) in [6, 6.07) is 8.77. The molecule has 9 nitrogen and oxygen atoms in total. The number of rotatable bonds is 5. The first-order chi connectivity index (χ1) is 13.9. The van der Waals surface area contributed by atoms with Crippen molar-refractivity contribution in [3.8, 4) is 22.8 Å². The largest absolute Gasteiger partial charge is 0.382 e. The Morgan fingerprint density at radius 1 is 1.10 bits per heavy atom. The van der Waals surface area contributed by atoms with Crippen LogP contribution in [0, 0.1) is 0 Å². The number of nitrogen functional groups attached to an aromatic ring is 1. The molecular formula is C19H19N7O2S. The topological polar surface area (TPSA) is 129 Å². The van der Waals surface area contributed by atoms with Gasteiger partial charge in [0.15, 0.2) is 11.6 Å². The average Bonchev–Trinajstić information content (AvgIpc) is 3.06. The summed E-state index contributed by atoms with van der Waals surface area (Å²) < 4.78 is 27.2. The van der Waals surface area contributed by atoms with Gasteiger partial charge >= 0.3 is 0 Å². The molecule has 29 heavy (non-hydrogen) atoms. The summed E-state index contributed by atoms with van der Waals surface area (Å²) in [7, 11) is -3.33. The van der Waals surface area contributed by atoms with Crippen LogP contribution in [0.5, 0.6) is 0 Å². The Morgan fingerprint density at radius 2 is 1.86 bits per heavy atom. The van der Waals surface area contributed by atoms with Gasteiger partial charge in [-0.2, -0.15) is 0 Å². The number of fused-ring (bicyclic) bond motifs is 1. The van der Waals surface area contributed by atoms with Gasteiger partial charge in [-0.25, -0.2) is 23.4 Å². The van der Waals surface area contributed by atoms with Crippen LogP contribution in [0.4, 0.5) is 11.5 Å². The van der Waals surface area contributed by atoms with Gasteiger partial charge in [0.25, 0.3) is 0 Å². The Bertz CT molecular complexity index is 1300. The van der Waals surface area contributed by atoms with Crippen LogP contribution in [-0.2, 0) is 16.6 Å². The molecule has 0 aliphatic rings. The van der Waals surface area contributed by atoms with Gasteiger partial charge in [0, 0.05) is 24.0 Å². The van der Waals surface area contributed by atoms with Crippen LogP contribution in [0.25, 0.3) is 33.8 Å². The van der Waals surface area contributed by atoms with Gasteiger partial charge in [0.1, 0.15) is 11.2 Å². The number of anilines is 2. The Kier molecular flexibility index (Phi) is 4.63. The lowest BCUT2D eigenvalue weighted by atomic mass is 10.1. The maximum Gasteiger partial charge on any atom is 0.229 e. The predicted molar refractivity (Wildman–Crippen MR) is 113 cm³/mol. The van der Waals surface area contributed by atoms with Crippen LogP contribution >= 0.6 is 0 Å². The smallest absolute Gasteiger partial charge is 0.229 e. The zero-order valence-electron chi connectivity index (χ0n) is 15.9. The summed E-state index contributed by atoms with van der Waals surface area (Å²) in [6.07, 6.45) is 6.11. The molecule has 0 saturated carbocycles. The monoisotopic (exact) mass is 409 g/mol. The van der Waals surface area contributed by atoms with E-state index in [1.807, 2.05) is 17.6 Å². The van der Waals surface area contributed by atoms with E-state index < -0.39 is 10.0 Å². The number of aryl methyl sites for hydroxylation is 1. The van der Waals surface area contributed by atoms with Gasteiger partial charge in [0.2, 0.25) is 10.0 Å². The minimum Gasteiger partial charge on any atom is -0.382 e. The van der Waals surface area contributed by atoms with Gasteiger partial charge in [0.05, 0.1) is 29.9 Å². The molecule has 0 spiro atoms. The zero-order valence-corrected chi connectivity index (χ0v) is 16.7. The van der Waals surface area contributed by atoms with E-state index in [0.29, 0.717) is 29.4 Å². The molecule has 3 heterocycles. The van der Waals surface area contributed by atoms with Crippen LogP contribution in [0.1, 0.15) is 6.92 Å². The van der Waals surface area contributed by atoms with Crippen molar-refractivity contribution in [3.63, 3.8) is 0 Å². The maximum absolute atomic E-state index is 11.4. The first kappa shape index (κ1) is 18.8. The van der Waals surface area contributed by atoms with Crippen molar-refractivity contribution >= 4 is 32.6 Å². The van der Waals surface area contributed by atoms with Crippen molar-refractivity contribution in [2.45, 2.75) is 13.5 Å².